The number of nitrogens with zero attached hydrogens (tertiary/aromatic N) is 3. The molecule has 0 aliphatic rings. The van der Waals surface area contributed by atoms with E-state index < -0.39 is 23.3 Å². The van der Waals surface area contributed by atoms with Gasteiger partial charge in [-0.15, -0.1) is 0 Å². The first-order valence-corrected chi connectivity index (χ1v) is 20.4. The van der Waals surface area contributed by atoms with Gasteiger partial charge in [0.2, 0.25) is 0 Å². The molecular formula is C42H77N3O6. The second kappa shape index (κ2) is 29.9. The first kappa shape index (κ1) is 48.4. The molecule has 0 bridgehead atoms. The van der Waals surface area contributed by atoms with Crippen LogP contribution < -0.4 is 0 Å². The third-order valence-electron chi connectivity index (χ3n) is 10.1. The summed E-state index contributed by atoms with van der Waals surface area (Å²) in [4.78, 5) is 52.9. The maximum Gasteiger partial charge on any atom is 0.311 e. The molecule has 0 aliphatic heterocycles. The molecule has 3 unspecified atom stereocenters. The van der Waals surface area contributed by atoms with Crippen LogP contribution >= 0.6 is 0 Å². The van der Waals surface area contributed by atoms with Gasteiger partial charge in [0.25, 0.3) is 0 Å². The van der Waals surface area contributed by atoms with Crippen molar-refractivity contribution in [1.29, 1.82) is 0 Å². The second-order valence-electron chi connectivity index (χ2n) is 14.8. The van der Waals surface area contributed by atoms with Gasteiger partial charge < -0.3 is 14.2 Å². The molecule has 0 saturated carbocycles. The molecule has 3 atom stereocenters. The predicted octanol–water partition coefficient (Wildman–Crippen LogP) is 10.2. The fourth-order valence-corrected chi connectivity index (χ4v) is 5.69. The lowest BCUT2D eigenvalue weighted by molar-refractivity contribution is -0.160. The molecule has 51 heavy (non-hydrogen) atoms. The second-order valence-corrected chi connectivity index (χ2v) is 14.8. The summed E-state index contributed by atoms with van der Waals surface area (Å²) in [6, 6.07) is 0. The van der Waals surface area contributed by atoms with Crippen molar-refractivity contribution in [1.82, 2.24) is 0 Å². The molecule has 0 rings (SSSR count). The summed E-state index contributed by atoms with van der Waals surface area (Å²) in [7, 11) is 0. The highest BCUT2D eigenvalue weighted by molar-refractivity contribution is 5.98. The quantitative estimate of drug-likeness (QED) is 0.0400. The Morgan fingerprint density at radius 3 is 0.980 bits per heavy atom. The Hall–Kier alpha value is -2.58. The Labute approximate surface area is 312 Å². The van der Waals surface area contributed by atoms with Crippen LogP contribution in [0.4, 0.5) is 0 Å². The van der Waals surface area contributed by atoms with Gasteiger partial charge in [0.1, 0.15) is 19.8 Å². The van der Waals surface area contributed by atoms with Crippen LogP contribution in [0.5, 0.6) is 0 Å². The normalized spacial score (nSPS) is 15.5. The summed E-state index contributed by atoms with van der Waals surface area (Å²) < 4.78 is 17.3. The van der Waals surface area contributed by atoms with E-state index in [4.69, 9.17) is 14.2 Å². The number of aliphatic imine (C=N–C) groups is 3. The maximum absolute atomic E-state index is 13.0. The first-order valence-electron chi connectivity index (χ1n) is 20.4. The molecule has 0 fully saturated rings. The minimum absolute atomic E-state index is 0.0460. The molecule has 0 aromatic carbocycles. The molecule has 0 aliphatic carbocycles. The van der Waals surface area contributed by atoms with Crippen molar-refractivity contribution in [3.05, 3.63) is 0 Å². The van der Waals surface area contributed by atoms with Gasteiger partial charge in [0.15, 0.2) is 0 Å². The summed E-state index contributed by atoms with van der Waals surface area (Å²) in [5, 5.41) is 0. The van der Waals surface area contributed by atoms with E-state index in [2.05, 4.69) is 56.5 Å². The molecule has 0 amide bonds. The standard InChI is InChI=1S/C42H77N3O6/c1-11-18-21-36(14-4)27-43-33(8)24-39(46)49-30-42(17-7,31-50-40(47)25-34(9)44-28-37(15-5)22-19-12-2)32-51-41(48)26-35(10)45-29-38(16-6)23-20-13-3/h36-38H,11-32H2,1-10H3. The van der Waals surface area contributed by atoms with Crippen LogP contribution in [0.15, 0.2) is 15.0 Å². The number of rotatable bonds is 31. The third kappa shape index (κ3) is 24.3. The Balaban J connectivity index is 5.59. The molecule has 0 aromatic heterocycles. The number of ether oxygens (including phenoxy) is 3. The molecule has 9 nitrogen and oxygen atoms in total. The van der Waals surface area contributed by atoms with E-state index in [0.29, 0.717) is 43.8 Å². The van der Waals surface area contributed by atoms with E-state index in [1.54, 1.807) is 0 Å². The van der Waals surface area contributed by atoms with Crippen LogP contribution in [-0.4, -0.2) is 74.5 Å². The molecule has 0 saturated heterocycles. The van der Waals surface area contributed by atoms with Crippen molar-refractivity contribution in [2.75, 3.05) is 39.5 Å². The van der Waals surface area contributed by atoms with Crippen molar-refractivity contribution in [2.45, 2.75) is 172 Å². The summed E-state index contributed by atoms with van der Waals surface area (Å²) >= 11 is 0. The van der Waals surface area contributed by atoms with E-state index in [0.717, 1.165) is 74.9 Å². The van der Waals surface area contributed by atoms with Gasteiger partial charge in [0.05, 0.1) is 24.7 Å². The van der Waals surface area contributed by atoms with Gasteiger partial charge in [-0.3, -0.25) is 29.4 Å². The number of unbranched alkanes of at least 4 members (excludes halogenated alkanes) is 3. The van der Waals surface area contributed by atoms with Gasteiger partial charge >= 0.3 is 17.9 Å². The number of hydrogen-bond donors (Lipinski definition) is 0. The SMILES string of the molecule is CCCCC(CC)CN=C(C)CC(=O)OCC(CC)(COC(=O)CC(C)=NCC(CC)CCCC)COC(=O)CC(C)=NCC(CC)CCCC. The molecule has 0 heterocycles. The summed E-state index contributed by atoms with van der Waals surface area (Å²) in [6.45, 7) is 22.6. The van der Waals surface area contributed by atoms with Crippen LogP contribution in [0.1, 0.15) is 172 Å². The van der Waals surface area contributed by atoms with Gasteiger partial charge in [-0.2, -0.15) is 0 Å². The number of carbonyl (C=O) groups excluding carboxylic acids is 3. The number of carbonyl (C=O) groups is 3. The van der Waals surface area contributed by atoms with E-state index in [-0.39, 0.29) is 39.1 Å². The number of esters is 3. The fourth-order valence-electron chi connectivity index (χ4n) is 5.69. The van der Waals surface area contributed by atoms with Crippen LogP contribution in [0.3, 0.4) is 0 Å². The molecular weight excluding hydrogens is 642 g/mol. The zero-order valence-electron chi connectivity index (χ0n) is 34.6. The highest BCUT2D eigenvalue weighted by Crippen LogP contribution is 2.25. The zero-order chi connectivity index (χ0) is 38.5. The maximum atomic E-state index is 13.0. The van der Waals surface area contributed by atoms with Crippen molar-refractivity contribution >= 4 is 35.0 Å². The lowest BCUT2D eigenvalue weighted by atomic mass is 9.88. The molecule has 0 radical (unpaired) electrons. The Morgan fingerprint density at radius 2 is 0.765 bits per heavy atom. The highest BCUT2D eigenvalue weighted by Gasteiger charge is 2.34. The van der Waals surface area contributed by atoms with E-state index in [9.17, 15) is 14.4 Å². The zero-order valence-corrected chi connectivity index (χ0v) is 34.6. The average Bonchev–Trinajstić information content (AvgIpc) is 3.11. The smallest absolute Gasteiger partial charge is 0.311 e. The molecule has 0 N–H and O–H groups in total. The van der Waals surface area contributed by atoms with Crippen LogP contribution in [0, 0.1) is 23.2 Å². The predicted molar refractivity (Wildman–Crippen MR) is 213 cm³/mol. The van der Waals surface area contributed by atoms with Gasteiger partial charge in [0, 0.05) is 36.8 Å². The van der Waals surface area contributed by atoms with Crippen LogP contribution in [0.25, 0.3) is 0 Å². The topological polar surface area (TPSA) is 116 Å². The van der Waals surface area contributed by atoms with Gasteiger partial charge in [-0.05, 0) is 64.2 Å². The van der Waals surface area contributed by atoms with Gasteiger partial charge in [-0.25, -0.2) is 0 Å². The Morgan fingerprint density at radius 1 is 0.490 bits per heavy atom. The summed E-state index contributed by atoms with van der Waals surface area (Å²) in [5.41, 5.74) is 1.31. The highest BCUT2D eigenvalue weighted by atomic mass is 16.6. The summed E-state index contributed by atoms with van der Waals surface area (Å²) in [5.74, 6) is 0.333. The Kier molecular flexibility index (Phi) is 28.4. The van der Waals surface area contributed by atoms with Crippen molar-refractivity contribution in [3.63, 3.8) is 0 Å². The van der Waals surface area contributed by atoms with E-state index in [1.165, 1.54) is 19.3 Å². The Bertz CT molecular complexity index is 927. The molecule has 296 valence electrons. The fraction of sp³-hybridized carbons (Fsp3) is 0.857. The lowest BCUT2D eigenvalue weighted by Crippen LogP contribution is -2.39. The molecule has 0 spiro atoms. The lowest BCUT2D eigenvalue weighted by Gasteiger charge is -2.31. The van der Waals surface area contributed by atoms with Crippen LogP contribution in [0.2, 0.25) is 0 Å². The molecule has 9 heteroatoms. The third-order valence-corrected chi connectivity index (χ3v) is 10.1. The van der Waals surface area contributed by atoms with E-state index in [1.807, 2.05) is 27.7 Å². The first-order chi connectivity index (χ1) is 24.4. The number of hydrogen-bond acceptors (Lipinski definition) is 9. The minimum atomic E-state index is -0.892. The van der Waals surface area contributed by atoms with Crippen molar-refractivity contribution in [2.24, 2.45) is 38.1 Å². The summed E-state index contributed by atoms with van der Waals surface area (Å²) in [6.07, 6.45) is 14.3. The minimum Gasteiger partial charge on any atom is -0.465 e. The average molecular weight is 720 g/mol. The largest absolute Gasteiger partial charge is 0.465 e. The van der Waals surface area contributed by atoms with Gasteiger partial charge in [-0.1, -0.05) is 106 Å². The van der Waals surface area contributed by atoms with Crippen molar-refractivity contribution in [3.8, 4) is 0 Å². The van der Waals surface area contributed by atoms with Crippen molar-refractivity contribution < 1.29 is 28.6 Å². The molecule has 0 aromatic rings. The van der Waals surface area contributed by atoms with E-state index >= 15 is 0 Å². The monoisotopic (exact) mass is 720 g/mol. The van der Waals surface area contributed by atoms with Crippen LogP contribution in [-0.2, 0) is 28.6 Å².